The number of anilines is 1. The van der Waals surface area contributed by atoms with E-state index in [1.165, 1.54) is 4.88 Å². The van der Waals surface area contributed by atoms with Crippen LogP contribution in [0.25, 0.3) is 0 Å². The van der Waals surface area contributed by atoms with Crippen LogP contribution >= 0.6 is 11.3 Å². The van der Waals surface area contributed by atoms with Gasteiger partial charge in [0.05, 0.1) is 0 Å². The average Bonchev–Trinajstić information content (AvgIpc) is 2.54. The highest BCUT2D eigenvalue weighted by Crippen LogP contribution is 2.23. The lowest BCUT2D eigenvalue weighted by Crippen LogP contribution is -2.29. The van der Waals surface area contributed by atoms with E-state index in [1.807, 2.05) is 13.2 Å². The normalized spacial score (nSPS) is 10.9. The maximum Gasteiger partial charge on any atom is 0.185 e. The fourth-order valence-electron chi connectivity index (χ4n) is 1.41. The van der Waals surface area contributed by atoms with Gasteiger partial charge in [-0.3, -0.25) is 0 Å². The summed E-state index contributed by atoms with van der Waals surface area (Å²) in [4.78, 5) is 8.03. The molecule has 1 aromatic heterocycles. The van der Waals surface area contributed by atoms with Gasteiger partial charge in [0.1, 0.15) is 0 Å². The van der Waals surface area contributed by atoms with Gasteiger partial charge in [-0.25, -0.2) is 4.98 Å². The lowest BCUT2D eigenvalue weighted by Gasteiger charge is -2.23. The number of hydrogen-bond acceptors (Lipinski definition) is 4. The van der Waals surface area contributed by atoms with Crippen LogP contribution in [0.3, 0.4) is 0 Å². The number of nitrogens with zero attached hydrogens (tertiary/aromatic N) is 2. The van der Waals surface area contributed by atoms with Crippen LogP contribution in [0.15, 0.2) is 6.20 Å². The van der Waals surface area contributed by atoms with E-state index in [0.29, 0.717) is 6.04 Å². The van der Waals surface area contributed by atoms with Crippen LogP contribution in [0.5, 0.6) is 0 Å². The smallest absolute Gasteiger partial charge is 0.185 e. The van der Waals surface area contributed by atoms with Gasteiger partial charge < -0.3 is 10.2 Å². The zero-order chi connectivity index (χ0) is 10.6. The van der Waals surface area contributed by atoms with Crippen molar-refractivity contribution in [2.24, 2.45) is 0 Å². The minimum atomic E-state index is 0.522. The molecule has 0 radical (unpaired) electrons. The number of nitrogens with one attached hydrogen (secondary N) is 1. The molecule has 14 heavy (non-hydrogen) atoms. The molecule has 0 bridgehead atoms. The highest BCUT2D eigenvalue weighted by Gasteiger charge is 2.11. The first-order chi connectivity index (χ1) is 6.69. The first-order valence-corrected chi connectivity index (χ1v) is 5.86. The Morgan fingerprint density at radius 3 is 2.79 bits per heavy atom. The maximum atomic E-state index is 4.43. The Balaban J connectivity index is 2.73. The third-order valence-corrected chi connectivity index (χ3v) is 3.14. The first kappa shape index (κ1) is 11.5. The molecule has 0 fully saturated rings. The molecule has 0 aliphatic heterocycles. The van der Waals surface area contributed by atoms with Crippen LogP contribution in [0.4, 0.5) is 5.13 Å². The molecule has 1 heterocycles. The fraction of sp³-hybridized carbons (Fsp3) is 0.700. The molecular formula is C10H19N3S. The second-order valence-electron chi connectivity index (χ2n) is 3.52. The van der Waals surface area contributed by atoms with Crippen molar-refractivity contribution >= 4 is 16.5 Å². The van der Waals surface area contributed by atoms with Gasteiger partial charge in [-0.1, -0.05) is 0 Å². The molecule has 0 atom stereocenters. The van der Waals surface area contributed by atoms with Gasteiger partial charge in [0, 0.05) is 30.2 Å². The summed E-state index contributed by atoms with van der Waals surface area (Å²) in [6.45, 7) is 8.49. The monoisotopic (exact) mass is 213 g/mol. The zero-order valence-electron chi connectivity index (χ0n) is 9.37. The van der Waals surface area contributed by atoms with Gasteiger partial charge in [-0.2, -0.15) is 0 Å². The van der Waals surface area contributed by atoms with Crippen molar-refractivity contribution in [3.63, 3.8) is 0 Å². The summed E-state index contributed by atoms with van der Waals surface area (Å²) < 4.78 is 0. The highest BCUT2D eigenvalue weighted by molar-refractivity contribution is 7.15. The van der Waals surface area contributed by atoms with Crippen molar-refractivity contribution in [2.45, 2.75) is 33.4 Å². The quantitative estimate of drug-likeness (QED) is 0.812. The van der Waals surface area contributed by atoms with Gasteiger partial charge in [-0.05, 0) is 27.8 Å². The van der Waals surface area contributed by atoms with E-state index in [4.69, 9.17) is 0 Å². The van der Waals surface area contributed by atoms with Crippen molar-refractivity contribution in [1.82, 2.24) is 10.3 Å². The van der Waals surface area contributed by atoms with Gasteiger partial charge >= 0.3 is 0 Å². The molecule has 0 spiro atoms. The van der Waals surface area contributed by atoms with Gasteiger partial charge in [0.2, 0.25) is 0 Å². The lowest BCUT2D eigenvalue weighted by molar-refractivity contribution is 0.701. The van der Waals surface area contributed by atoms with E-state index in [9.17, 15) is 0 Å². The average molecular weight is 213 g/mol. The Kier molecular flexibility index (Phi) is 4.35. The molecule has 80 valence electrons. The van der Waals surface area contributed by atoms with Gasteiger partial charge in [-0.15, -0.1) is 11.3 Å². The molecule has 4 heteroatoms. The topological polar surface area (TPSA) is 28.2 Å². The van der Waals surface area contributed by atoms with Crippen LogP contribution in [-0.2, 0) is 6.54 Å². The first-order valence-electron chi connectivity index (χ1n) is 5.05. The molecule has 0 amide bonds. The van der Waals surface area contributed by atoms with Crippen LogP contribution < -0.4 is 10.2 Å². The van der Waals surface area contributed by atoms with Crippen molar-refractivity contribution in [3.8, 4) is 0 Å². The van der Waals surface area contributed by atoms with Crippen molar-refractivity contribution in [1.29, 1.82) is 0 Å². The van der Waals surface area contributed by atoms with Crippen LogP contribution in [0, 0.1) is 0 Å². The van der Waals surface area contributed by atoms with E-state index in [1.54, 1.807) is 11.3 Å². The van der Waals surface area contributed by atoms with Crippen molar-refractivity contribution < 1.29 is 0 Å². The van der Waals surface area contributed by atoms with Crippen LogP contribution in [0.2, 0.25) is 0 Å². The summed E-state index contributed by atoms with van der Waals surface area (Å²) >= 11 is 1.77. The molecule has 1 rings (SSSR count). The summed E-state index contributed by atoms with van der Waals surface area (Å²) in [5.41, 5.74) is 0. The number of rotatable bonds is 5. The highest BCUT2D eigenvalue weighted by atomic mass is 32.1. The Bertz CT molecular complexity index is 270. The van der Waals surface area contributed by atoms with E-state index in [-0.39, 0.29) is 0 Å². The third-order valence-electron chi connectivity index (χ3n) is 2.10. The molecule has 1 N–H and O–H groups in total. The Labute approximate surface area is 90.2 Å². The largest absolute Gasteiger partial charge is 0.346 e. The van der Waals surface area contributed by atoms with E-state index < -0.39 is 0 Å². The number of aromatic nitrogens is 1. The molecule has 1 aromatic rings. The number of thiazole rings is 1. The summed E-state index contributed by atoms with van der Waals surface area (Å²) in [6, 6.07) is 0.522. The second kappa shape index (κ2) is 5.32. The molecule has 0 aliphatic carbocycles. The van der Waals surface area contributed by atoms with Crippen molar-refractivity contribution in [2.75, 3.05) is 18.5 Å². The molecular weight excluding hydrogens is 194 g/mol. The minimum absolute atomic E-state index is 0.522. The molecule has 0 saturated carbocycles. The molecule has 0 aromatic carbocycles. The Hall–Kier alpha value is -0.610. The summed E-state index contributed by atoms with van der Waals surface area (Å²) in [5.74, 6) is 0. The molecule has 0 aliphatic rings. The second-order valence-corrected chi connectivity index (χ2v) is 4.61. The molecule has 3 nitrogen and oxygen atoms in total. The van der Waals surface area contributed by atoms with Crippen LogP contribution in [0.1, 0.15) is 25.6 Å². The SMILES string of the molecule is CCN(c1ncc(CNC)s1)C(C)C. The number of hydrogen-bond donors (Lipinski definition) is 1. The van der Waals surface area contributed by atoms with E-state index in [0.717, 1.165) is 18.2 Å². The Morgan fingerprint density at radius 1 is 1.57 bits per heavy atom. The summed E-state index contributed by atoms with van der Waals surface area (Å²) in [5, 5.41) is 4.27. The molecule has 0 unspecified atom stereocenters. The third kappa shape index (κ3) is 2.69. The lowest BCUT2D eigenvalue weighted by atomic mass is 10.3. The predicted octanol–water partition coefficient (Wildman–Crippen LogP) is 2.10. The predicted molar refractivity (Wildman–Crippen MR) is 63.0 cm³/mol. The van der Waals surface area contributed by atoms with Crippen LogP contribution in [-0.4, -0.2) is 24.6 Å². The van der Waals surface area contributed by atoms with Gasteiger partial charge in [0.15, 0.2) is 5.13 Å². The zero-order valence-corrected chi connectivity index (χ0v) is 10.2. The van der Waals surface area contributed by atoms with Gasteiger partial charge in [0.25, 0.3) is 0 Å². The summed E-state index contributed by atoms with van der Waals surface area (Å²) in [7, 11) is 1.96. The van der Waals surface area contributed by atoms with E-state index >= 15 is 0 Å². The van der Waals surface area contributed by atoms with Crippen molar-refractivity contribution in [3.05, 3.63) is 11.1 Å². The Morgan fingerprint density at radius 2 is 2.29 bits per heavy atom. The standard InChI is InChI=1S/C10H19N3S/c1-5-13(8(2)3)10-12-7-9(14-10)6-11-4/h7-8,11H,5-6H2,1-4H3. The maximum absolute atomic E-state index is 4.43. The minimum Gasteiger partial charge on any atom is -0.346 e. The molecule has 0 saturated heterocycles. The fourth-order valence-corrected chi connectivity index (χ4v) is 2.53. The van der Waals surface area contributed by atoms with E-state index in [2.05, 4.69) is 36.0 Å². The summed E-state index contributed by atoms with van der Waals surface area (Å²) in [6.07, 6.45) is 1.96.